The van der Waals surface area contributed by atoms with E-state index in [0.717, 1.165) is 25.0 Å². The van der Waals surface area contributed by atoms with Crippen molar-refractivity contribution in [2.75, 3.05) is 18.5 Å². The molecule has 1 aliphatic rings. The monoisotopic (exact) mass is 336 g/mol. The van der Waals surface area contributed by atoms with E-state index >= 15 is 0 Å². The van der Waals surface area contributed by atoms with Gasteiger partial charge < -0.3 is 15.0 Å². The SMILES string of the molecule is N#Cc1ccc(NC(=O)N(Cc2ccncc2)CC2CCCO2)cc1. The summed E-state index contributed by atoms with van der Waals surface area (Å²) in [6.45, 7) is 1.79. The largest absolute Gasteiger partial charge is 0.376 e. The van der Waals surface area contributed by atoms with E-state index in [2.05, 4.69) is 16.4 Å². The van der Waals surface area contributed by atoms with Gasteiger partial charge in [-0.15, -0.1) is 0 Å². The first-order valence-corrected chi connectivity index (χ1v) is 8.31. The highest BCUT2D eigenvalue weighted by Gasteiger charge is 2.23. The number of anilines is 1. The Morgan fingerprint density at radius 1 is 1.28 bits per heavy atom. The number of urea groups is 1. The van der Waals surface area contributed by atoms with Crippen LogP contribution in [-0.2, 0) is 11.3 Å². The summed E-state index contributed by atoms with van der Waals surface area (Å²) in [6, 6.07) is 12.5. The first-order valence-electron chi connectivity index (χ1n) is 8.31. The van der Waals surface area contributed by atoms with Gasteiger partial charge in [0, 0.05) is 37.8 Å². The molecule has 128 valence electrons. The lowest BCUT2D eigenvalue weighted by Gasteiger charge is -2.26. The van der Waals surface area contributed by atoms with Crippen molar-refractivity contribution in [3.05, 3.63) is 59.9 Å². The highest BCUT2D eigenvalue weighted by Crippen LogP contribution is 2.17. The lowest BCUT2D eigenvalue weighted by atomic mass is 10.2. The number of aromatic nitrogens is 1. The van der Waals surface area contributed by atoms with E-state index < -0.39 is 0 Å². The summed E-state index contributed by atoms with van der Waals surface area (Å²) in [6.07, 6.45) is 5.52. The molecule has 0 bridgehead atoms. The predicted molar refractivity (Wildman–Crippen MR) is 93.8 cm³/mol. The molecule has 1 N–H and O–H groups in total. The first-order chi connectivity index (χ1) is 12.2. The van der Waals surface area contributed by atoms with E-state index in [1.165, 1.54) is 0 Å². The number of nitriles is 1. The summed E-state index contributed by atoms with van der Waals surface area (Å²) >= 11 is 0. The number of carbonyl (C=O) groups excluding carboxylic acids is 1. The van der Waals surface area contributed by atoms with E-state index in [-0.39, 0.29) is 12.1 Å². The van der Waals surface area contributed by atoms with Gasteiger partial charge in [0.25, 0.3) is 0 Å². The summed E-state index contributed by atoms with van der Waals surface area (Å²) in [5, 5.41) is 11.8. The number of carbonyl (C=O) groups is 1. The van der Waals surface area contributed by atoms with Crippen LogP contribution >= 0.6 is 0 Å². The lowest BCUT2D eigenvalue weighted by molar-refractivity contribution is 0.0819. The predicted octanol–water partition coefficient (Wildman–Crippen LogP) is 3.17. The van der Waals surface area contributed by atoms with Crippen molar-refractivity contribution in [1.29, 1.82) is 5.26 Å². The topological polar surface area (TPSA) is 78.3 Å². The van der Waals surface area contributed by atoms with Gasteiger partial charge in [0.1, 0.15) is 0 Å². The molecule has 1 fully saturated rings. The minimum Gasteiger partial charge on any atom is -0.376 e. The molecule has 1 unspecified atom stereocenters. The number of pyridine rings is 1. The van der Waals surface area contributed by atoms with Gasteiger partial charge in [-0.3, -0.25) is 4.98 Å². The van der Waals surface area contributed by atoms with Crippen LogP contribution in [0.5, 0.6) is 0 Å². The van der Waals surface area contributed by atoms with Crippen molar-refractivity contribution in [3.8, 4) is 6.07 Å². The van der Waals surface area contributed by atoms with Crippen molar-refractivity contribution in [3.63, 3.8) is 0 Å². The van der Waals surface area contributed by atoms with Gasteiger partial charge in [-0.2, -0.15) is 5.26 Å². The number of benzene rings is 1. The molecule has 6 nitrogen and oxygen atoms in total. The van der Waals surface area contributed by atoms with Crippen LogP contribution in [0.15, 0.2) is 48.8 Å². The Kier molecular flexibility index (Phi) is 5.60. The third kappa shape index (κ3) is 4.78. The zero-order valence-corrected chi connectivity index (χ0v) is 13.9. The smallest absolute Gasteiger partial charge is 0.322 e. The van der Waals surface area contributed by atoms with Crippen molar-refractivity contribution >= 4 is 11.7 Å². The molecular weight excluding hydrogens is 316 g/mol. The number of ether oxygens (including phenoxy) is 1. The lowest BCUT2D eigenvalue weighted by Crippen LogP contribution is -2.39. The van der Waals surface area contributed by atoms with Crippen LogP contribution in [0.3, 0.4) is 0 Å². The van der Waals surface area contributed by atoms with Crippen LogP contribution in [0.4, 0.5) is 10.5 Å². The maximum atomic E-state index is 12.7. The number of hydrogen-bond acceptors (Lipinski definition) is 4. The molecule has 3 rings (SSSR count). The van der Waals surface area contributed by atoms with Crippen LogP contribution in [0.25, 0.3) is 0 Å². The Labute approximate surface area is 147 Å². The number of rotatable bonds is 5. The standard InChI is InChI=1S/C19H20N4O2/c20-12-15-3-5-17(6-4-15)22-19(24)23(14-18-2-1-11-25-18)13-16-7-9-21-10-8-16/h3-10,18H,1-2,11,13-14H2,(H,22,24). The highest BCUT2D eigenvalue weighted by atomic mass is 16.5. The van der Waals surface area contributed by atoms with Gasteiger partial charge in [0.05, 0.1) is 17.7 Å². The van der Waals surface area contributed by atoms with Crippen LogP contribution in [0.1, 0.15) is 24.0 Å². The molecule has 6 heteroatoms. The molecule has 0 aliphatic carbocycles. The molecule has 1 aromatic heterocycles. The van der Waals surface area contributed by atoms with E-state index in [4.69, 9.17) is 10.00 Å². The molecule has 0 saturated carbocycles. The van der Waals surface area contributed by atoms with Gasteiger partial charge in [0.2, 0.25) is 0 Å². The van der Waals surface area contributed by atoms with E-state index in [0.29, 0.717) is 24.3 Å². The molecule has 2 aromatic rings. The minimum atomic E-state index is -0.183. The normalized spacial score (nSPS) is 16.2. The number of hydrogen-bond donors (Lipinski definition) is 1. The molecule has 1 aromatic carbocycles. The number of nitrogens with one attached hydrogen (secondary N) is 1. The number of amides is 2. The Balaban J connectivity index is 1.69. The number of nitrogens with zero attached hydrogens (tertiary/aromatic N) is 3. The molecule has 1 saturated heterocycles. The van der Waals surface area contributed by atoms with Crippen molar-refractivity contribution in [1.82, 2.24) is 9.88 Å². The van der Waals surface area contributed by atoms with Crippen molar-refractivity contribution in [2.45, 2.75) is 25.5 Å². The maximum absolute atomic E-state index is 12.7. The van der Waals surface area contributed by atoms with E-state index in [1.807, 2.05) is 12.1 Å². The Morgan fingerprint density at radius 2 is 2.04 bits per heavy atom. The average molecular weight is 336 g/mol. The second kappa shape index (κ2) is 8.27. The summed E-state index contributed by atoms with van der Waals surface area (Å²) in [5.41, 5.74) is 2.24. The quantitative estimate of drug-likeness (QED) is 0.909. The van der Waals surface area contributed by atoms with Crippen LogP contribution in [-0.4, -0.2) is 35.2 Å². The van der Waals surface area contributed by atoms with Crippen LogP contribution in [0.2, 0.25) is 0 Å². The first kappa shape index (κ1) is 16.9. The Bertz CT molecular complexity index is 734. The fraction of sp³-hybridized carbons (Fsp3) is 0.316. The molecule has 2 heterocycles. The second-order valence-electron chi connectivity index (χ2n) is 5.99. The molecular formula is C19H20N4O2. The van der Waals surface area contributed by atoms with Gasteiger partial charge in [0.15, 0.2) is 0 Å². The van der Waals surface area contributed by atoms with E-state index in [1.54, 1.807) is 41.6 Å². The zero-order chi connectivity index (χ0) is 17.5. The summed E-state index contributed by atoms with van der Waals surface area (Å²) in [4.78, 5) is 18.5. The van der Waals surface area contributed by atoms with E-state index in [9.17, 15) is 4.79 Å². The maximum Gasteiger partial charge on any atom is 0.322 e. The third-order valence-electron chi connectivity index (χ3n) is 4.12. The second-order valence-corrected chi connectivity index (χ2v) is 5.99. The van der Waals surface area contributed by atoms with Crippen molar-refractivity contribution < 1.29 is 9.53 Å². The fourth-order valence-corrected chi connectivity index (χ4v) is 2.79. The Hall–Kier alpha value is -2.91. The van der Waals surface area contributed by atoms with Gasteiger partial charge in [-0.25, -0.2) is 4.79 Å². The molecule has 25 heavy (non-hydrogen) atoms. The summed E-state index contributed by atoms with van der Waals surface area (Å²) < 4.78 is 5.68. The minimum absolute atomic E-state index is 0.0774. The summed E-state index contributed by atoms with van der Waals surface area (Å²) in [5.74, 6) is 0. The van der Waals surface area contributed by atoms with Crippen LogP contribution < -0.4 is 5.32 Å². The third-order valence-corrected chi connectivity index (χ3v) is 4.12. The average Bonchev–Trinajstić information content (AvgIpc) is 3.16. The fourth-order valence-electron chi connectivity index (χ4n) is 2.79. The molecule has 0 radical (unpaired) electrons. The highest BCUT2D eigenvalue weighted by molar-refractivity contribution is 5.89. The molecule has 1 atom stereocenters. The Morgan fingerprint density at radius 3 is 2.68 bits per heavy atom. The van der Waals surface area contributed by atoms with Gasteiger partial charge >= 0.3 is 6.03 Å². The van der Waals surface area contributed by atoms with Gasteiger partial charge in [-0.05, 0) is 54.8 Å². The van der Waals surface area contributed by atoms with Crippen LogP contribution in [0, 0.1) is 11.3 Å². The summed E-state index contributed by atoms with van der Waals surface area (Å²) in [7, 11) is 0. The zero-order valence-electron chi connectivity index (χ0n) is 13.9. The molecule has 1 aliphatic heterocycles. The van der Waals surface area contributed by atoms with Gasteiger partial charge in [-0.1, -0.05) is 0 Å². The molecule has 2 amide bonds. The van der Waals surface area contributed by atoms with Crippen molar-refractivity contribution in [2.24, 2.45) is 0 Å². The molecule has 0 spiro atoms.